The molecule has 0 aliphatic rings. The van der Waals surface area contributed by atoms with Crippen molar-refractivity contribution in [3.05, 3.63) is 82.7 Å². The molecule has 0 heterocycles. The van der Waals surface area contributed by atoms with Gasteiger partial charge in [-0.2, -0.15) is 0 Å². The van der Waals surface area contributed by atoms with Crippen LogP contribution in [0.25, 0.3) is 0 Å². The van der Waals surface area contributed by atoms with E-state index in [1.54, 1.807) is 0 Å². The fourth-order valence-electron chi connectivity index (χ4n) is 5.81. The van der Waals surface area contributed by atoms with Crippen molar-refractivity contribution in [3.8, 4) is 0 Å². The van der Waals surface area contributed by atoms with Gasteiger partial charge in [-0.15, -0.1) is 0 Å². The van der Waals surface area contributed by atoms with Crippen LogP contribution in [0.5, 0.6) is 0 Å². The Labute approximate surface area is 304 Å². The molecule has 49 heavy (non-hydrogen) atoms. The lowest BCUT2D eigenvalue weighted by atomic mass is 9.88. The number of aryl methyl sites for hydroxylation is 3. The average Bonchev–Trinajstić information content (AvgIpc) is 3.09. The summed E-state index contributed by atoms with van der Waals surface area (Å²) in [6.07, 6.45) is 19.9. The largest absolute Gasteiger partial charge is 0.362 e. The van der Waals surface area contributed by atoms with Crippen molar-refractivity contribution < 1.29 is 9.59 Å². The van der Waals surface area contributed by atoms with Gasteiger partial charge in [0.2, 0.25) is 0 Å². The first-order valence-electron chi connectivity index (χ1n) is 19.6. The van der Waals surface area contributed by atoms with Crippen LogP contribution in [0.2, 0.25) is 0 Å². The normalized spacial score (nSPS) is 10.9. The first-order valence-corrected chi connectivity index (χ1v) is 19.6. The third-order valence-electron chi connectivity index (χ3n) is 8.79. The van der Waals surface area contributed by atoms with E-state index in [0.29, 0.717) is 0 Å². The number of carbonyl (C=O) groups is 2. The number of hydrogen-bond acceptors (Lipinski definition) is 4. The van der Waals surface area contributed by atoms with E-state index in [9.17, 15) is 4.79 Å². The second-order valence-electron chi connectivity index (χ2n) is 13.9. The highest BCUT2D eigenvalue weighted by Gasteiger charge is 2.30. The van der Waals surface area contributed by atoms with Gasteiger partial charge in [0.05, 0.1) is 5.54 Å². The zero-order valence-corrected chi connectivity index (χ0v) is 34.0. The Morgan fingerprint density at radius 2 is 1.24 bits per heavy atom. The van der Waals surface area contributed by atoms with Crippen molar-refractivity contribution in [2.75, 3.05) is 13.6 Å². The fourth-order valence-corrected chi connectivity index (χ4v) is 5.81. The van der Waals surface area contributed by atoms with Gasteiger partial charge in [-0.1, -0.05) is 171 Å². The van der Waals surface area contributed by atoms with Crippen molar-refractivity contribution >= 4 is 12.6 Å². The number of unbranched alkanes of at least 4 members (excludes halogenated alkanes) is 4. The van der Waals surface area contributed by atoms with E-state index < -0.39 is 5.54 Å². The van der Waals surface area contributed by atoms with Crippen LogP contribution in [-0.2, 0) is 16.0 Å². The van der Waals surface area contributed by atoms with E-state index in [1.165, 1.54) is 93.3 Å². The Morgan fingerprint density at radius 3 is 1.65 bits per heavy atom. The average molecular weight is 679 g/mol. The van der Waals surface area contributed by atoms with Crippen molar-refractivity contribution in [1.82, 2.24) is 10.2 Å². The summed E-state index contributed by atoms with van der Waals surface area (Å²) in [5.74, 6) is 1.98. The highest BCUT2D eigenvalue weighted by atomic mass is 16.1. The minimum atomic E-state index is -0.420. The van der Waals surface area contributed by atoms with Crippen molar-refractivity contribution in [3.63, 3.8) is 0 Å². The molecule has 0 saturated heterocycles. The van der Waals surface area contributed by atoms with Gasteiger partial charge >= 0.3 is 0 Å². The lowest BCUT2D eigenvalue weighted by Crippen LogP contribution is -2.50. The van der Waals surface area contributed by atoms with Crippen molar-refractivity contribution in [2.24, 2.45) is 5.92 Å². The van der Waals surface area contributed by atoms with E-state index in [4.69, 9.17) is 4.79 Å². The zero-order valence-electron chi connectivity index (χ0n) is 34.0. The minimum Gasteiger partial charge on any atom is -0.362 e. The number of aldehydes is 2. The smallest absolute Gasteiger partial charge is 0.145 e. The third-order valence-corrected chi connectivity index (χ3v) is 8.79. The first-order chi connectivity index (χ1) is 23.5. The maximum atomic E-state index is 12.2. The molecule has 2 aromatic carbocycles. The van der Waals surface area contributed by atoms with Gasteiger partial charge < -0.3 is 19.8 Å². The quantitative estimate of drug-likeness (QED) is 0.105. The van der Waals surface area contributed by atoms with Gasteiger partial charge in [-0.25, -0.2) is 0 Å². The molecule has 0 radical (unpaired) electrons. The number of nitrogens with one attached hydrogen (secondary N) is 1. The minimum absolute atomic E-state index is 0.420. The van der Waals surface area contributed by atoms with E-state index in [-0.39, 0.29) is 0 Å². The molecule has 0 aliphatic carbocycles. The summed E-state index contributed by atoms with van der Waals surface area (Å²) in [5.41, 5.74) is 4.97. The summed E-state index contributed by atoms with van der Waals surface area (Å²) >= 11 is 0. The number of hydrogen-bond donors (Lipinski definition) is 1. The van der Waals surface area contributed by atoms with Crippen LogP contribution in [0.15, 0.2) is 66.0 Å². The van der Waals surface area contributed by atoms with Crippen LogP contribution in [-0.4, -0.2) is 36.6 Å². The number of allylic oxidation sites excluding steroid dienone is 1. The van der Waals surface area contributed by atoms with Gasteiger partial charge in [0, 0.05) is 13.6 Å². The molecule has 0 fully saturated rings. The second kappa shape index (κ2) is 32.3. The molecule has 2 rings (SSSR count). The summed E-state index contributed by atoms with van der Waals surface area (Å²) in [6.45, 7) is 22.2. The molecule has 280 valence electrons. The third kappa shape index (κ3) is 25.7. The molecule has 2 aromatic rings. The van der Waals surface area contributed by atoms with Crippen LogP contribution < -0.4 is 5.32 Å². The van der Waals surface area contributed by atoms with Gasteiger partial charge in [0.1, 0.15) is 18.4 Å². The number of benzene rings is 2. The lowest BCUT2D eigenvalue weighted by molar-refractivity contribution is -0.114. The molecule has 0 amide bonds. The number of carbonyl (C=O) groups excluding carboxylic acids is 2. The van der Waals surface area contributed by atoms with Crippen molar-refractivity contribution in [2.45, 2.75) is 171 Å². The number of nitrogens with zero attached hydrogens (tertiary/aromatic N) is 1. The second-order valence-corrected chi connectivity index (χ2v) is 13.9. The van der Waals surface area contributed by atoms with E-state index in [2.05, 4.69) is 116 Å². The predicted octanol–water partition coefficient (Wildman–Crippen LogP) is 12.6. The van der Waals surface area contributed by atoms with Gasteiger partial charge in [-0.05, 0) is 77.4 Å². The monoisotopic (exact) mass is 679 g/mol. The highest BCUT2D eigenvalue weighted by molar-refractivity contribution is 5.64. The highest BCUT2D eigenvalue weighted by Crippen LogP contribution is 2.25. The molecule has 1 atom stereocenters. The molecule has 0 saturated carbocycles. The first kappa shape index (κ1) is 48.2. The lowest BCUT2D eigenvalue weighted by Gasteiger charge is -2.36. The molecular weight excluding hydrogens is 601 g/mol. The Balaban J connectivity index is 0. The summed E-state index contributed by atoms with van der Waals surface area (Å²) in [7, 11) is 2.19. The van der Waals surface area contributed by atoms with E-state index in [0.717, 1.165) is 63.1 Å². The van der Waals surface area contributed by atoms with Crippen LogP contribution in [0, 0.1) is 19.8 Å². The van der Waals surface area contributed by atoms with Crippen molar-refractivity contribution in [1.29, 1.82) is 0 Å². The summed E-state index contributed by atoms with van der Waals surface area (Å²) < 4.78 is 0. The van der Waals surface area contributed by atoms with Crippen LogP contribution in [0.1, 0.15) is 162 Å². The molecule has 0 aromatic heterocycles. The van der Waals surface area contributed by atoms with Crippen LogP contribution >= 0.6 is 0 Å². The molecular formula is C45H78N2O2. The molecule has 4 heteroatoms. The topological polar surface area (TPSA) is 49.4 Å². The van der Waals surface area contributed by atoms with E-state index in [1.807, 2.05) is 18.2 Å². The summed E-state index contributed by atoms with van der Waals surface area (Å²) in [5, 5.41) is 3.73. The maximum absolute atomic E-state index is 12.2. The fraction of sp³-hybridized carbons (Fsp3) is 0.644. The van der Waals surface area contributed by atoms with Crippen LogP contribution in [0.3, 0.4) is 0 Å². The maximum Gasteiger partial charge on any atom is 0.145 e. The molecule has 1 unspecified atom stereocenters. The SMILES string of the molecule is CC=O.CCCCCC(CCC)CCN(C)C(NC(C=O)(CCCC)CCCC)=C(C)C.CCCc1ccc(C)cc1.Cc1ccccc1. The molecule has 0 aliphatic heterocycles. The molecule has 4 nitrogen and oxygen atoms in total. The Bertz CT molecular complexity index is 1050. The molecule has 0 bridgehead atoms. The molecule has 1 N–H and O–H groups in total. The Hall–Kier alpha value is -2.88. The predicted molar refractivity (Wildman–Crippen MR) is 217 cm³/mol. The molecule has 0 spiro atoms. The number of rotatable bonds is 21. The van der Waals surface area contributed by atoms with Gasteiger partial charge in [0.25, 0.3) is 0 Å². The Morgan fingerprint density at radius 1 is 0.714 bits per heavy atom. The van der Waals surface area contributed by atoms with Gasteiger partial charge in [0.15, 0.2) is 0 Å². The summed E-state index contributed by atoms with van der Waals surface area (Å²) in [6, 6.07) is 19.0. The van der Waals surface area contributed by atoms with Crippen LogP contribution in [0.4, 0.5) is 0 Å². The zero-order chi connectivity index (χ0) is 37.3. The Kier molecular flexibility index (Phi) is 31.8. The summed E-state index contributed by atoms with van der Waals surface area (Å²) in [4.78, 5) is 23.4. The van der Waals surface area contributed by atoms with Gasteiger partial charge in [-0.3, -0.25) is 0 Å². The standard InChI is InChI=1S/C26H52N2O.C10H14.C7H8.C2H4O/c1-8-12-15-17-24(16-11-4)18-21-28(7)25(23(5)6)27-26(22-29,19-13-9-2)20-14-10-3;1-3-4-10-7-5-9(2)6-8-10;1-7-5-3-2-4-6-7;1-2-3/h22,24,27H,8-21H2,1-7H3;5-8H,3-4H2,1-2H3;2-6H,1H3;2H,1H3. The van der Waals surface area contributed by atoms with E-state index >= 15 is 0 Å².